The van der Waals surface area contributed by atoms with Crippen molar-refractivity contribution >= 4 is 90.1 Å². The van der Waals surface area contributed by atoms with E-state index in [0.717, 1.165) is 79.5 Å². The molecule has 8 aromatic carbocycles. The zero-order chi connectivity index (χ0) is 47.5. The highest BCUT2D eigenvalue weighted by molar-refractivity contribution is 6.94. The zero-order valence-electron chi connectivity index (χ0n) is 41.6. The van der Waals surface area contributed by atoms with Crippen molar-refractivity contribution in [3.8, 4) is 22.3 Å². The minimum absolute atomic E-state index is 0.00349. The maximum Gasteiger partial charge on any atom is 0.333 e. The zero-order valence-corrected chi connectivity index (χ0v) is 41.6. The fourth-order valence-corrected chi connectivity index (χ4v) is 12.2. The Bertz CT molecular complexity index is 3760. The number of rotatable bonds is 3. The summed E-state index contributed by atoms with van der Waals surface area (Å²) in [6.45, 7) is 23.4. The number of para-hydroxylation sites is 2. The smallest absolute Gasteiger partial charge is 0.333 e. The molecule has 0 atom stereocenters. The summed E-state index contributed by atoms with van der Waals surface area (Å²) in [5.74, 6) is 0. The molecule has 0 bridgehead atoms. The predicted octanol–water partition coefficient (Wildman–Crippen LogP) is 16.8. The average molecular weight is 899 g/mol. The molecule has 3 aliphatic rings. The largest absolute Gasteiger partial charge is 0.456 e. The first-order valence-electron chi connectivity index (χ1n) is 25.0. The van der Waals surface area contributed by atoms with Gasteiger partial charge in [0.25, 0.3) is 0 Å². The first-order valence-corrected chi connectivity index (χ1v) is 25.0. The van der Waals surface area contributed by atoms with Gasteiger partial charge in [-0.15, -0.1) is 0 Å². The van der Waals surface area contributed by atoms with E-state index in [0.29, 0.717) is 0 Å². The van der Waals surface area contributed by atoms with Crippen molar-refractivity contribution in [1.29, 1.82) is 0 Å². The van der Waals surface area contributed by atoms with Crippen molar-refractivity contribution < 1.29 is 8.83 Å². The molecule has 4 nitrogen and oxygen atoms in total. The maximum atomic E-state index is 7.24. The average Bonchev–Trinajstić information content (AvgIpc) is 3.89. The van der Waals surface area contributed by atoms with Crippen molar-refractivity contribution in [2.75, 3.05) is 9.71 Å². The third-order valence-electron chi connectivity index (χ3n) is 16.2. The van der Waals surface area contributed by atoms with E-state index >= 15 is 0 Å². The van der Waals surface area contributed by atoms with E-state index in [1.54, 1.807) is 0 Å². The first-order chi connectivity index (χ1) is 33.0. The standard InChI is InChI=1S/C64H59BN2O2/c1-61(2,3)39-24-27-41(28-25-39)67-52-36-49-48(63(7,8)30-31-64(49,9)10)33-47(52)58-59-54(35-46-43-21-15-17-23-56(43)69-60(46)58)66(51-29-26-40(62(4,5)6)32-44(51)38-18-12-11-13-19-38)53-34-45-42-20-14-16-22-55(42)68-57(45)37-50(53)65(59)67/h11-29,32-37H,30-31H2,1-10H3. The molecule has 69 heavy (non-hydrogen) atoms. The van der Waals surface area contributed by atoms with Crippen molar-refractivity contribution in [1.82, 2.24) is 0 Å². The third kappa shape index (κ3) is 6.21. The van der Waals surface area contributed by atoms with Gasteiger partial charge in [0.05, 0.1) is 5.69 Å². The van der Waals surface area contributed by atoms with Crippen molar-refractivity contribution in [2.45, 2.75) is 104 Å². The van der Waals surface area contributed by atoms with Crippen LogP contribution in [0.5, 0.6) is 0 Å². The molecular weight excluding hydrogens is 840 g/mol. The number of furan rings is 2. The Balaban J connectivity index is 1.23. The van der Waals surface area contributed by atoms with E-state index in [4.69, 9.17) is 8.83 Å². The Morgan fingerprint density at radius 3 is 1.75 bits per heavy atom. The van der Waals surface area contributed by atoms with Gasteiger partial charge in [0.1, 0.15) is 22.3 Å². The van der Waals surface area contributed by atoms with Crippen LogP contribution in [0.4, 0.5) is 28.4 Å². The second kappa shape index (κ2) is 14.3. The highest BCUT2D eigenvalue weighted by atomic mass is 16.3. The number of hydrogen-bond donors (Lipinski definition) is 0. The van der Waals surface area contributed by atoms with Gasteiger partial charge in [-0.2, -0.15) is 0 Å². The number of benzene rings is 8. The lowest BCUT2D eigenvalue weighted by molar-refractivity contribution is 0.332. The summed E-state index contributed by atoms with van der Waals surface area (Å²) >= 11 is 0. The summed E-state index contributed by atoms with van der Waals surface area (Å²) in [4.78, 5) is 5.27. The van der Waals surface area contributed by atoms with Gasteiger partial charge in [0.15, 0.2) is 0 Å². The molecule has 2 aromatic heterocycles. The van der Waals surface area contributed by atoms with Crippen LogP contribution in [0.1, 0.15) is 104 Å². The lowest BCUT2D eigenvalue weighted by Crippen LogP contribution is -2.61. The van der Waals surface area contributed by atoms with Gasteiger partial charge in [0.2, 0.25) is 0 Å². The van der Waals surface area contributed by atoms with Crippen LogP contribution in [0.15, 0.2) is 160 Å². The van der Waals surface area contributed by atoms with Crippen LogP contribution >= 0.6 is 0 Å². The molecule has 0 fully saturated rings. The molecule has 0 amide bonds. The second-order valence-electron chi connectivity index (χ2n) is 23.6. The molecule has 0 spiro atoms. The molecule has 0 N–H and O–H groups in total. The molecule has 5 heteroatoms. The van der Waals surface area contributed by atoms with E-state index in [1.807, 2.05) is 0 Å². The molecule has 13 rings (SSSR count). The molecule has 0 unspecified atom stereocenters. The second-order valence-corrected chi connectivity index (χ2v) is 23.6. The minimum Gasteiger partial charge on any atom is -0.456 e. The number of anilines is 5. The van der Waals surface area contributed by atoms with Crippen LogP contribution in [0.3, 0.4) is 0 Å². The summed E-state index contributed by atoms with van der Waals surface area (Å²) < 4.78 is 14.1. The normalized spacial score (nSPS) is 16.0. The molecule has 2 aliphatic heterocycles. The highest BCUT2D eigenvalue weighted by Crippen LogP contribution is 2.56. The van der Waals surface area contributed by atoms with Crippen LogP contribution in [-0.4, -0.2) is 6.85 Å². The van der Waals surface area contributed by atoms with Crippen molar-refractivity contribution in [2.24, 2.45) is 0 Å². The van der Waals surface area contributed by atoms with Gasteiger partial charge in [-0.05, 0) is 140 Å². The molecular formula is C64H59BN2O2. The quantitative estimate of drug-likeness (QED) is 0.165. The Morgan fingerprint density at radius 2 is 1.07 bits per heavy atom. The van der Waals surface area contributed by atoms with Crippen LogP contribution in [0, 0.1) is 0 Å². The minimum atomic E-state index is -0.240. The van der Waals surface area contributed by atoms with Gasteiger partial charge in [-0.25, -0.2) is 0 Å². The SMILES string of the molecule is CC(C)(C)c1ccc(N2B3c4cc5oc6ccccc6c5cc4N(c4ccc(C(C)(C)C)cc4-c4ccccc4)c4cc5c(oc6ccccc65)c(c43)-c3cc4c(cc32)C(C)(C)CCC4(C)C)cc1. The lowest BCUT2D eigenvalue weighted by Gasteiger charge is -2.48. The third-order valence-corrected chi connectivity index (χ3v) is 16.2. The molecule has 4 heterocycles. The van der Waals surface area contributed by atoms with E-state index in [-0.39, 0.29) is 28.5 Å². The van der Waals surface area contributed by atoms with E-state index in [2.05, 4.69) is 231 Å². The Kier molecular flexibility index (Phi) is 8.73. The van der Waals surface area contributed by atoms with E-state index in [1.165, 1.54) is 61.1 Å². The molecule has 0 saturated heterocycles. The fourth-order valence-electron chi connectivity index (χ4n) is 12.2. The van der Waals surface area contributed by atoms with Gasteiger partial charge in [-0.3, -0.25) is 0 Å². The predicted molar refractivity (Wildman–Crippen MR) is 293 cm³/mol. The summed E-state index contributed by atoms with van der Waals surface area (Å²) in [6.07, 6.45) is 2.25. The Labute approximate surface area is 406 Å². The van der Waals surface area contributed by atoms with Crippen LogP contribution in [-0.2, 0) is 21.7 Å². The molecule has 340 valence electrons. The molecule has 0 radical (unpaired) electrons. The van der Waals surface area contributed by atoms with E-state index < -0.39 is 0 Å². The van der Waals surface area contributed by atoms with Gasteiger partial charge < -0.3 is 18.5 Å². The molecule has 10 aromatic rings. The van der Waals surface area contributed by atoms with E-state index in [9.17, 15) is 0 Å². The first kappa shape index (κ1) is 42.2. The van der Waals surface area contributed by atoms with Gasteiger partial charge >= 0.3 is 6.85 Å². The summed E-state index contributed by atoms with van der Waals surface area (Å²) in [6, 6.07) is 57.1. The maximum absolute atomic E-state index is 7.24. The van der Waals surface area contributed by atoms with Crippen LogP contribution in [0.2, 0.25) is 0 Å². The highest BCUT2D eigenvalue weighted by Gasteiger charge is 2.49. The Morgan fingerprint density at radius 1 is 0.478 bits per heavy atom. The van der Waals surface area contributed by atoms with Crippen molar-refractivity contribution in [3.63, 3.8) is 0 Å². The monoisotopic (exact) mass is 898 g/mol. The summed E-state index contributed by atoms with van der Waals surface area (Å²) in [5.41, 5.74) is 22.0. The molecule has 0 saturated carbocycles. The summed E-state index contributed by atoms with van der Waals surface area (Å²) in [5, 5.41) is 4.47. The van der Waals surface area contributed by atoms with Crippen molar-refractivity contribution in [3.05, 3.63) is 174 Å². The Hall–Kier alpha value is -6.98. The van der Waals surface area contributed by atoms with Crippen LogP contribution in [0.25, 0.3) is 66.1 Å². The summed E-state index contributed by atoms with van der Waals surface area (Å²) in [7, 11) is 0. The van der Waals surface area contributed by atoms with Gasteiger partial charge in [0, 0.05) is 61.0 Å². The van der Waals surface area contributed by atoms with Gasteiger partial charge in [-0.1, -0.05) is 154 Å². The molecule has 1 aliphatic carbocycles. The lowest BCUT2D eigenvalue weighted by atomic mass is 9.43. The topological polar surface area (TPSA) is 32.8 Å². The number of fused-ring (bicyclic) bond motifs is 12. The number of nitrogens with zero attached hydrogens (tertiary/aromatic N) is 2. The fraction of sp³-hybridized carbons (Fsp3) is 0.250. The van der Waals surface area contributed by atoms with Crippen LogP contribution < -0.4 is 20.6 Å². The number of hydrogen-bond acceptors (Lipinski definition) is 4.